The maximum Gasteiger partial charge on any atom is 0.255 e. The van der Waals surface area contributed by atoms with Crippen LogP contribution in [0.25, 0.3) is 0 Å². The average molecular weight is 634 g/mol. The molecule has 2 aliphatic rings. The van der Waals surface area contributed by atoms with Crippen LogP contribution >= 0.6 is 23.5 Å². The molecule has 0 spiro atoms. The minimum absolute atomic E-state index is 0.0373. The van der Waals surface area contributed by atoms with Gasteiger partial charge >= 0.3 is 0 Å². The van der Waals surface area contributed by atoms with E-state index >= 15 is 0 Å². The van der Waals surface area contributed by atoms with E-state index < -0.39 is 0 Å². The quantitative estimate of drug-likeness (QED) is 0.179. The summed E-state index contributed by atoms with van der Waals surface area (Å²) in [7, 11) is 0. The lowest BCUT2D eigenvalue weighted by Crippen LogP contribution is -2.54. The first-order valence-electron chi connectivity index (χ1n) is 15.6. The normalized spacial score (nSPS) is 18.3. The molecule has 4 N–H and O–H groups in total. The van der Waals surface area contributed by atoms with Crippen LogP contribution in [0.1, 0.15) is 53.6 Å². The lowest BCUT2D eigenvalue weighted by atomic mass is 9.91. The van der Waals surface area contributed by atoms with Gasteiger partial charge in [0.1, 0.15) is 18.1 Å². The Labute approximate surface area is 269 Å². The van der Waals surface area contributed by atoms with E-state index in [1.807, 2.05) is 42.1 Å². The molecule has 3 atom stereocenters. The van der Waals surface area contributed by atoms with Crippen LogP contribution in [0, 0.1) is 5.92 Å². The number of hydrogen-bond acceptors (Lipinski definition) is 7. The van der Waals surface area contributed by atoms with Gasteiger partial charge in [0.05, 0.1) is 17.6 Å². The Kier molecular flexibility index (Phi) is 12.3. The molecule has 234 valence electrons. The average Bonchev–Trinajstić information content (AvgIpc) is 3.61. The second kappa shape index (κ2) is 16.8. The molecule has 44 heavy (non-hydrogen) atoms. The van der Waals surface area contributed by atoms with Crippen molar-refractivity contribution in [1.82, 2.24) is 16.0 Å². The molecule has 0 aromatic heterocycles. The van der Waals surface area contributed by atoms with Crippen LogP contribution < -0.4 is 20.7 Å². The molecule has 1 heterocycles. The van der Waals surface area contributed by atoms with E-state index in [0.29, 0.717) is 12.5 Å². The van der Waals surface area contributed by atoms with Gasteiger partial charge in [-0.2, -0.15) is 11.8 Å². The highest BCUT2D eigenvalue weighted by atomic mass is 32.2. The molecule has 7 nitrogen and oxygen atoms in total. The number of carbonyl (C=O) groups excluding carboxylic acids is 2. The molecule has 1 aliphatic heterocycles. The van der Waals surface area contributed by atoms with Gasteiger partial charge in [0.15, 0.2) is 0 Å². The zero-order valence-corrected chi connectivity index (χ0v) is 26.7. The van der Waals surface area contributed by atoms with E-state index in [4.69, 9.17) is 4.74 Å². The van der Waals surface area contributed by atoms with E-state index in [0.717, 1.165) is 40.7 Å². The standard InChI is InChI=1S/C35H43N3O4S2/c39-32-14-8-7-13-29(32)34(40)36-20-30(38-35(41)31-23-43-24-37-31)33(44-22-27-11-5-2-6-12-27)19-25-15-17-28(18-16-25)42-21-26-9-3-1-4-10-26/h1,3-4,7-10,13-18,27,30-31,33,37,39H,2,5-6,11-12,19-24H2,(H,36,40)(H,38,41)/t30?,31-,33?/m0/s1. The first-order chi connectivity index (χ1) is 21.5. The number of carbonyl (C=O) groups is 2. The first-order valence-corrected chi connectivity index (χ1v) is 17.8. The van der Waals surface area contributed by atoms with Crippen LogP contribution in [0.4, 0.5) is 0 Å². The predicted molar refractivity (Wildman–Crippen MR) is 180 cm³/mol. The highest BCUT2D eigenvalue weighted by Crippen LogP contribution is 2.31. The maximum atomic E-state index is 13.4. The minimum atomic E-state index is -0.354. The van der Waals surface area contributed by atoms with Crippen molar-refractivity contribution in [1.29, 1.82) is 0 Å². The third-order valence-electron chi connectivity index (χ3n) is 8.32. The summed E-state index contributed by atoms with van der Waals surface area (Å²) < 4.78 is 6.01. The van der Waals surface area contributed by atoms with Gasteiger partial charge in [-0.15, -0.1) is 11.8 Å². The van der Waals surface area contributed by atoms with Gasteiger partial charge in [-0.25, -0.2) is 0 Å². The minimum Gasteiger partial charge on any atom is -0.507 e. The van der Waals surface area contributed by atoms with Crippen LogP contribution in [0.3, 0.4) is 0 Å². The topological polar surface area (TPSA) is 99.7 Å². The maximum absolute atomic E-state index is 13.4. The number of para-hydroxylation sites is 1. The molecule has 1 aliphatic carbocycles. The van der Waals surface area contributed by atoms with E-state index in [1.54, 1.807) is 30.0 Å². The summed E-state index contributed by atoms with van der Waals surface area (Å²) in [6.07, 6.45) is 7.10. The van der Waals surface area contributed by atoms with Crippen molar-refractivity contribution in [2.45, 2.75) is 62.5 Å². The smallest absolute Gasteiger partial charge is 0.255 e. The summed E-state index contributed by atoms with van der Waals surface area (Å²) in [4.78, 5) is 26.4. The molecule has 3 aromatic rings. The van der Waals surface area contributed by atoms with E-state index in [9.17, 15) is 14.7 Å². The Bertz CT molecular complexity index is 1330. The second-order valence-corrected chi connectivity index (χ2v) is 13.9. The number of phenols is 1. The van der Waals surface area contributed by atoms with Crippen molar-refractivity contribution in [3.63, 3.8) is 0 Å². The number of aromatic hydroxyl groups is 1. The monoisotopic (exact) mass is 633 g/mol. The SMILES string of the molecule is O=C(NCC(NC(=O)[C@@H]1CSCN1)C(Cc1ccc(OCc2ccccc2)cc1)SCC1CCCCC1)c1ccccc1O. The molecular formula is C35H43N3O4S2. The van der Waals surface area contributed by atoms with Gasteiger partial charge in [0.2, 0.25) is 5.91 Å². The number of rotatable bonds is 14. The Morgan fingerprint density at radius 3 is 2.43 bits per heavy atom. The molecular weight excluding hydrogens is 591 g/mol. The van der Waals surface area contributed by atoms with Crippen LogP contribution in [-0.4, -0.2) is 58.2 Å². The molecule has 3 aromatic carbocycles. The molecule has 0 radical (unpaired) electrons. The van der Waals surface area contributed by atoms with Gasteiger partial charge < -0.3 is 20.5 Å². The summed E-state index contributed by atoms with van der Waals surface area (Å²) in [6, 6.07) is 24.3. The predicted octanol–water partition coefficient (Wildman–Crippen LogP) is 5.77. The summed E-state index contributed by atoms with van der Waals surface area (Å²) in [5, 5.41) is 19.9. The van der Waals surface area contributed by atoms with Crippen molar-refractivity contribution in [2.24, 2.45) is 5.92 Å². The van der Waals surface area contributed by atoms with Crippen LogP contribution in [-0.2, 0) is 17.8 Å². The molecule has 2 unspecified atom stereocenters. The Hall–Kier alpha value is -3.14. The highest BCUT2D eigenvalue weighted by Gasteiger charge is 2.30. The van der Waals surface area contributed by atoms with Crippen LogP contribution in [0.5, 0.6) is 11.5 Å². The summed E-state index contributed by atoms with van der Waals surface area (Å²) in [5.41, 5.74) is 2.50. The summed E-state index contributed by atoms with van der Waals surface area (Å²) in [5.74, 6) is 3.55. The third kappa shape index (κ3) is 9.68. The highest BCUT2D eigenvalue weighted by molar-refractivity contribution is 8.00. The second-order valence-electron chi connectivity index (χ2n) is 11.6. The molecule has 2 fully saturated rings. The zero-order valence-electron chi connectivity index (χ0n) is 25.1. The van der Waals surface area contributed by atoms with Gasteiger partial charge in [-0.1, -0.05) is 73.9 Å². The van der Waals surface area contributed by atoms with Crippen molar-refractivity contribution in [3.8, 4) is 11.5 Å². The number of benzene rings is 3. The van der Waals surface area contributed by atoms with Gasteiger partial charge in [0.25, 0.3) is 5.91 Å². The summed E-state index contributed by atoms with van der Waals surface area (Å²) >= 11 is 3.62. The molecule has 1 saturated heterocycles. The van der Waals surface area contributed by atoms with Gasteiger partial charge in [-0.05, 0) is 66.3 Å². The van der Waals surface area contributed by atoms with Crippen molar-refractivity contribution >= 4 is 35.3 Å². The summed E-state index contributed by atoms with van der Waals surface area (Å²) in [6.45, 7) is 0.775. The molecule has 9 heteroatoms. The van der Waals surface area contributed by atoms with Crippen molar-refractivity contribution < 1.29 is 19.4 Å². The lowest BCUT2D eigenvalue weighted by Gasteiger charge is -2.31. The third-order valence-corrected chi connectivity index (χ3v) is 10.8. The Balaban J connectivity index is 1.31. The number of phenolic OH excluding ortho intramolecular Hbond substituents is 1. The number of hydrogen-bond donors (Lipinski definition) is 4. The fourth-order valence-corrected chi connectivity index (χ4v) is 8.21. The molecule has 0 bridgehead atoms. The van der Waals surface area contributed by atoms with E-state index in [-0.39, 0.29) is 47.0 Å². The lowest BCUT2D eigenvalue weighted by molar-refractivity contribution is -0.123. The van der Waals surface area contributed by atoms with Gasteiger partial charge in [-0.3, -0.25) is 14.9 Å². The molecule has 2 amide bonds. The van der Waals surface area contributed by atoms with Crippen molar-refractivity contribution in [2.75, 3.05) is 23.9 Å². The fraction of sp³-hybridized carbons (Fsp3) is 0.429. The Morgan fingerprint density at radius 1 is 0.955 bits per heavy atom. The zero-order chi connectivity index (χ0) is 30.6. The Morgan fingerprint density at radius 2 is 1.70 bits per heavy atom. The number of ether oxygens (including phenoxy) is 1. The largest absolute Gasteiger partial charge is 0.507 e. The van der Waals surface area contributed by atoms with Gasteiger partial charge in [0, 0.05) is 23.4 Å². The van der Waals surface area contributed by atoms with E-state index in [2.05, 4.69) is 40.2 Å². The molecule has 5 rings (SSSR count). The number of thioether (sulfide) groups is 2. The van der Waals surface area contributed by atoms with Crippen LogP contribution in [0.15, 0.2) is 78.9 Å². The fourth-order valence-electron chi connectivity index (χ4n) is 5.71. The van der Waals surface area contributed by atoms with Crippen LogP contribution in [0.2, 0.25) is 0 Å². The molecule has 1 saturated carbocycles. The van der Waals surface area contributed by atoms with E-state index in [1.165, 1.54) is 38.2 Å². The first kappa shape index (κ1) is 32.3. The van der Waals surface area contributed by atoms with Crippen molar-refractivity contribution in [3.05, 3.63) is 95.6 Å². The number of amides is 2. The number of nitrogens with one attached hydrogen (secondary N) is 3.